The monoisotopic (exact) mass is 269 g/mol. The van der Waals surface area contributed by atoms with E-state index in [4.69, 9.17) is 5.11 Å². The van der Waals surface area contributed by atoms with Gasteiger partial charge in [0, 0.05) is 0 Å². The molecule has 0 saturated carbocycles. The highest BCUT2D eigenvalue weighted by atomic mass is 32.2. The van der Waals surface area contributed by atoms with Crippen LogP contribution in [-0.2, 0) is 10.0 Å². The van der Waals surface area contributed by atoms with Crippen LogP contribution in [0.15, 0.2) is 18.2 Å². The zero-order valence-corrected chi connectivity index (χ0v) is 8.84. The zero-order chi connectivity index (χ0) is 13.2. The molecule has 5 nitrogen and oxygen atoms in total. The van der Waals surface area contributed by atoms with E-state index in [1.807, 2.05) is 0 Å². The van der Waals surface area contributed by atoms with Crippen molar-refractivity contribution in [2.45, 2.75) is 5.76 Å². The third-order valence-electron chi connectivity index (χ3n) is 1.69. The van der Waals surface area contributed by atoms with Gasteiger partial charge in [0.1, 0.15) is 5.82 Å². The highest BCUT2D eigenvalue weighted by Gasteiger charge is 2.24. The van der Waals surface area contributed by atoms with Crippen molar-refractivity contribution in [1.29, 1.82) is 0 Å². The minimum absolute atomic E-state index is 0.479. The Hall–Kier alpha value is -1.77. The molecule has 0 saturated heterocycles. The van der Waals surface area contributed by atoms with Crippen LogP contribution in [0.25, 0.3) is 0 Å². The van der Waals surface area contributed by atoms with Crippen molar-refractivity contribution in [1.82, 2.24) is 0 Å². The van der Waals surface area contributed by atoms with Crippen molar-refractivity contribution < 1.29 is 31.5 Å². The number of nitrogens with one attached hydrogen (secondary N) is 1. The van der Waals surface area contributed by atoms with E-state index < -0.39 is 38.8 Å². The Morgan fingerprint density at radius 3 is 2.35 bits per heavy atom. The molecule has 17 heavy (non-hydrogen) atoms. The first-order valence-corrected chi connectivity index (χ1v) is 5.61. The molecule has 0 unspecified atom stereocenters. The quantitative estimate of drug-likeness (QED) is 0.867. The van der Waals surface area contributed by atoms with E-state index in [1.54, 1.807) is 0 Å². The molecule has 2 N–H and O–H groups in total. The fourth-order valence-corrected chi connectivity index (χ4v) is 1.51. The second-order valence-electron chi connectivity index (χ2n) is 2.91. The number of benzene rings is 1. The van der Waals surface area contributed by atoms with Gasteiger partial charge in [0.05, 0.1) is 11.3 Å². The molecule has 0 amide bonds. The summed E-state index contributed by atoms with van der Waals surface area (Å²) in [5.74, 6) is -6.44. The molecule has 0 aliphatic heterocycles. The lowest BCUT2D eigenvalue weighted by Crippen LogP contribution is -2.20. The lowest BCUT2D eigenvalue weighted by atomic mass is 10.2. The van der Waals surface area contributed by atoms with Gasteiger partial charge >= 0.3 is 11.7 Å². The van der Waals surface area contributed by atoms with Crippen molar-refractivity contribution in [2.75, 3.05) is 4.72 Å². The van der Waals surface area contributed by atoms with E-state index in [-0.39, 0.29) is 0 Å². The summed E-state index contributed by atoms with van der Waals surface area (Å²) in [5, 5.41) is 8.48. The maximum absolute atomic E-state index is 13.1. The highest BCUT2D eigenvalue weighted by Crippen LogP contribution is 2.17. The van der Waals surface area contributed by atoms with Crippen LogP contribution in [0.3, 0.4) is 0 Å². The summed E-state index contributed by atoms with van der Waals surface area (Å²) in [4.78, 5) is 10.4. The third-order valence-corrected chi connectivity index (χ3v) is 2.68. The fourth-order valence-electron chi connectivity index (χ4n) is 0.961. The maximum Gasteiger partial charge on any atom is 0.355 e. The molecule has 1 aromatic carbocycles. The van der Waals surface area contributed by atoms with Gasteiger partial charge in [0.2, 0.25) is 0 Å². The standard InChI is InChI=1S/C8H6F3NO4S/c9-6-3-4(1-2-5(6)7(13)14)12-17(15,16)8(10)11/h1-3,8,12H,(H,13,14). The first-order chi connectivity index (χ1) is 7.74. The molecule has 0 aliphatic carbocycles. The number of carbonyl (C=O) groups is 1. The highest BCUT2D eigenvalue weighted by molar-refractivity contribution is 7.93. The van der Waals surface area contributed by atoms with Crippen LogP contribution in [0, 0.1) is 5.82 Å². The van der Waals surface area contributed by atoms with E-state index in [2.05, 4.69) is 0 Å². The molecule has 94 valence electrons. The van der Waals surface area contributed by atoms with Gasteiger partial charge in [-0.1, -0.05) is 0 Å². The van der Waals surface area contributed by atoms with Crippen LogP contribution >= 0.6 is 0 Å². The topological polar surface area (TPSA) is 83.5 Å². The third kappa shape index (κ3) is 3.09. The van der Waals surface area contributed by atoms with Crippen LogP contribution in [-0.4, -0.2) is 25.3 Å². The van der Waals surface area contributed by atoms with Gasteiger partial charge in [-0.3, -0.25) is 4.72 Å². The number of aromatic carboxylic acids is 1. The van der Waals surface area contributed by atoms with Gasteiger partial charge in [0.25, 0.3) is 10.0 Å². The molecular formula is C8H6F3NO4S. The Morgan fingerprint density at radius 1 is 1.35 bits per heavy atom. The number of hydrogen-bond acceptors (Lipinski definition) is 3. The molecule has 1 rings (SSSR count). The Balaban J connectivity index is 3.04. The average Bonchev–Trinajstić information content (AvgIpc) is 2.15. The lowest BCUT2D eigenvalue weighted by molar-refractivity contribution is 0.0692. The molecule has 0 heterocycles. The number of hydrogen-bond donors (Lipinski definition) is 2. The molecule has 0 fully saturated rings. The number of anilines is 1. The Bertz CT molecular complexity index is 544. The van der Waals surface area contributed by atoms with E-state index in [1.165, 1.54) is 4.72 Å². The molecule has 0 atom stereocenters. The lowest BCUT2D eigenvalue weighted by Gasteiger charge is -2.07. The summed E-state index contributed by atoms with van der Waals surface area (Å²) in [6.07, 6.45) is 0. The molecule has 0 aromatic heterocycles. The largest absolute Gasteiger partial charge is 0.478 e. The van der Waals surface area contributed by atoms with E-state index >= 15 is 0 Å². The minimum atomic E-state index is -4.90. The zero-order valence-electron chi connectivity index (χ0n) is 8.02. The predicted octanol–water partition coefficient (Wildman–Crippen LogP) is 1.49. The van der Waals surface area contributed by atoms with Crippen molar-refractivity contribution in [2.24, 2.45) is 0 Å². The summed E-state index contributed by atoms with van der Waals surface area (Å²) in [6.45, 7) is 0. The normalized spacial score (nSPS) is 11.5. The van der Waals surface area contributed by atoms with E-state index in [0.717, 1.165) is 12.1 Å². The second kappa shape index (κ2) is 4.62. The van der Waals surface area contributed by atoms with Crippen LogP contribution in [0.1, 0.15) is 10.4 Å². The predicted molar refractivity (Wildman–Crippen MR) is 51.9 cm³/mol. The summed E-state index contributed by atoms with van der Waals surface area (Å²) < 4.78 is 59.9. The van der Waals surface area contributed by atoms with Gasteiger partial charge < -0.3 is 5.11 Å². The molecule has 0 bridgehead atoms. The first kappa shape index (κ1) is 13.3. The summed E-state index contributed by atoms with van der Waals surface area (Å²) in [5.41, 5.74) is -1.17. The number of alkyl halides is 2. The number of halogens is 3. The van der Waals surface area contributed by atoms with Gasteiger partial charge in [-0.2, -0.15) is 8.78 Å². The molecule has 0 radical (unpaired) electrons. The minimum Gasteiger partial charge on any atom is -0.478 e. The van der Waals surface area contributed by atoms with Gasteiger partial charge in [-0.15, -0.1) is 0 Å². The van der Waals surface area contributed by atoms with Crippen molar-refractivity contribution in [3.63, 3.8) is 0 Å². The summed E-state index contributed by atoms with van der Waals surface area (Å²) in [7, 11) is -4.90. The number of carboxylic acids is 1. The number of sulfonamides is 1. The summed E-state index contributed by atoms with van der Waals surface area (Å²) in [6, 6.07) is 2.14. The van der Waals surface area contributed by atoms with Crippen LogP contribution in [0.2, 0.25) is 0 Å². The molecule has 9 heteroatoms. The van der Waals surface area contributed by atoms with Crippen molar-refractivity contribution >= 4 is 21.7 Å². The van der Waals surface area contributed by atoms with Gasteiger partial charge in [0.15, 0.2) is 0 Å². The summed E-state index contributed by atoms with van der Waals surface area (Å²) >= 11 is 0. The Morgan fingerprint density at radius 2 is 1.94 bits per heavy atom. The first-order valence-electron chi connectivity index (χ1n) is 4.06. The molecule has 0 aliphatic rings. The van der Waals surface area contributed by atoms with Crippen molar-refractivity contribution in [3.05, 3.63) is 29.6 Å². The van der Waals surface area contributed by atoms with Gasteiger partial charge in [-0.05, 0) is 18.2 Å². The number of carboxylic acid groups (broad SMARTS) is 1. The number of rotatable bonds is 4. The Kier molecular flexibility index (Phi) is 3.61. The second-order valence-corrected chi connectivity index (χ2v) is 4.56. The SMILES string of the molecule is O=C(O)c1ccc(NS(=O)(=O)C(F)F)cc1F. The van der Waals surface area contributed by atoms with E-state index in [0.29, 0.717) is 6.07 Å². The van der Waals surface area contributed by atoms with Crippen LogP contribution in [0.5, 0.6) is 0 Å². The average molecular weight is 269 g/mol. The molecule has 1 aromatic rings. The maximum atomic E-state index is 13.1. The molecular weight excluding hydrogens is 263 g/mol. The fraction of sp³-hybridized carbons (Fsp3) is 0.125. The smallest absolute Gasteiger partial charge is 0.355 e. The van der Waals surface area contributed by atoms with Crippen molar-refractivity contribution in [3.8, 4) is 0 Å². The Labute approximate surface area is 93.9 Å². The van der Waals surface area contributed by atoms with Crippen LogP contribution in [0.4, 0.5) is 18.9 Å². The van der Waals surface area contributed by atoms with E-state index in [9.17, 15) is 26.4 Å². The molecule has 0 spiro atoms. The van der Waals surface area contributed by atoms with Crippen LogP contribution < -0.4 is 4.72 Å². The van der Waals surface area contributed by atoms with Gasteiger partial charge in [-0.25, -0.2) is 17.6 Å².